The molecule has 0 spiro atoms. The smallest absolute Gasteiger partial charge is 0.548 e. The van der Waals surface area contributed by atoms with Gasteiger partial charge in [-0.2, -0.15) is 0 Å². The molecule has 8 heteroatoms. The molecular formula is C11H13N2NaO3S2. The van der Waals surface area contributed by atoms with Gasteiger partial charge in [-0.15, -0.1) is 11.8 Å². The molecule has 2 aliphatic heterocycles. The molecular weight excluding hydrogens is 295 g/mol. The van der Waals surface area contributed by atoms with Crippen molar-refractivity contribution >= 4 is 40.8 Å². The van der Waals surface area contributed by atoms with Gasteiger partial charge in [0.1, 0.15) is 11.4 Å². The first-order chi connectivity index (χ1) is 8.37. The summed E-state index contributed by atoms with van der Waals surface area (Å²) >= 11 is 6.62. The molecule has 0 aromatic heterocycles. The van der Waals surface area contributed by atoms with Crippen molar-refractivity contribution in [2.24, 2.45) is 0 Å². The molecule has 2 heterocycles. The zero-order chi connectivity index (χ0) is 13.3. The number of hydrogen-bond donors (Lipinski definition) is 1. The van der Waals surface area contributed by atoms with Gasteiger partial charge in [-0.05, 0) is 19.8 Å². The number of thioether (sulfide) groups is 1. The van der Waals surface area contributed by atoms with Gasteiger partial charge in [0.05, 0.1) is 16.5 Å². The minimum absolute atomic E-state index is 0. The van der Waals surface area contributed by atoms with Crippen molar-refractivity contribution in [2.75, 3.05) is 0 Å². The Hall–Kier alpha value is 0.180. The quantitative estimate of drug-likeness (QED) is 0.328. The van der Waals surface area contributed by atoms with Gasteiger partial charge in [-0.25, -0.2) is 0 Å². The Morgan fingerprint density at radius 2 is 2.32 bits per heavy atom. The van der Waals surface area contributed by atoms with Gasteiger partial charge in [0.15, 0.2) is 0 Å². The fourth-order valence-electron chi connectivity index (χ4n) is 2.97. The Labute approximate surface area is 143 Å². The standard InChI is InChI=1S/C11H14N2O3S2.Na/c1-3-5(17)12-6-7(14)13-8(6)18-10(2)4-11(10,13)9(15)16;/h6,8H,3-4H2,1-2H3,(H,12,17)(H,15,16);/q;+1/p-1/t6?,8-,10?,11?;/m0./s1. The zero-order valence-corrected chi connectivity index (χ0v) is 14.7. The maximum Gasteiger partial charge on any atom is 1.00 e. The number of β-lactam (4-membered cyclic amide) rings is 1. The normalized spacial score (nSPS) is 41.6. The van der Waals surface area contributed by atoms with E-state index >= 15 is 0 Å². The number of fused-ring (bicyclic) bond motifs is 3. The Kier molecular flexibility index (Phi) is 3.76. The van der Waals surface area contributed by atoms with Gasteiger partial charge >= 0.3 is 29.6 Å². The number of amides is 1. The average molecular weight is 308 g/mol. The van der Waals surface area contributed by atoms with E-state index in [-0.39, 0.29) is 46.9 Å². The van der Waals surface area contributed by atoms with Crippen molar-refractivity contribution in [2.45, 2.75) is 48.4 Å². The number of carboxylic acids is 1. The van der Waals surface area contributed by atoms with E-state index < -0.39 is 16.3 Å². The van der Waals surface area contributed by atoms with Crippen LogP contribution < -0.4 is 40.0 Å². The third-order valence-corrected chi connectivity index (χ3v) is 6.29. The van der Waals surface area contributed by atoms with E-state index in [0.717, 1.165) is 0 Å². The van der Waals surface area contributed by atoms with Crippen molar-refractivity contribution in [3.05, 3.63) is 0 Å². The third kappa shape index (κ3) is 1.75. The molecule has 3 fully saturated rings. The van der Waals surface area contributed by atoms with Crippen LogP contribution in [0.1, 0.15) is 26.7 Å². The summed E-state index contributed by atoms with van der Waals surface area (Å²) in [5, 5.41) is 14.2. The van der Waals surface area contributed by atoms with Crippen molar-refractivity contribution in [1.29, 1.82) is 0 Å². The summed E-state index contributed by atoms with van der Waals surface area (Å²) in [7, 11) is 0. The molecule has 3 rings (SSSR count). The van der Waals surface area contributed by atoms with Crippen LogP contribution in [-0.4, -0.2) is 43.5 Å². The van der Waals surface area contributed by atoms with E-state index in [1.807, 2.05) is 13.8 Å². The van der Waals surface area contributed by atoms with Crippen molar-refractivity contribution in [1.82, 2.24) is 10.2 Å². The number of carbonyl (C=O) groups excluding carboxylic acids is 2. The molecule has 1 N–H and O–H groups in total. The molecule has 1 amide bonds. The van der Waals surface area contributed by atoms with Gasteiger partial charge < -0.3 is 20.1 Å². The largest absolute Gasteiger partial charge is 1.00 e. The maximum absolute atomic E-state index is 12.1. The second-order valence-corrected chi connectivity index (χ2v) is 7.28. The molecule has 98 valence electrons. The molecule has 1 saturated carbocycles. The van der Waals surface area contributed by atoms with Crippen LogP contribution in [0, 0.1) is 0 Å². The van der Waals surface area contributed by atoms with E-state index in [0.29, 0.717) is 17.8 Å². The summed E-state index contributed by atoms with van der Waals surface area (Å²) in [5.41, 5.74) is -1.08. The van der Waals surface area contributed by atoms with Crippen molar-refractivity contribution in [3.8, 4) is 0 Å². The predicted molar refractivity (Wildman–Crippen MR) is 68.8 cm³/mol. The first-order valence-corrected chi connectivity index (χ1v) is 7.18. The number of thiocarbonyl (C=S) groups is 1. The summed E-state index contributed by atoms with van der Waals surface area (Å²) in [6.45, 7) is 3.80. The van der Waals surface area contributed by atoms with Crippen LogP contribution in [0.2, 0.25) is 0 Å². The summed E-state index contributed by atoms with van der Waals surface area (Å²) in [4.78, 5) is 25.5. The minimum Gasteiger partial charge on any atom is -0.548 e. The van der Waals surface area contributed by atoms with Gasteiger partial charge in [0, 0.05) is 4.75 Å². The van der Waals surface area contributed by atoms with Gasteiger partial charge in [-0.1, -0.05) is 19.1 Å². The number of nitrogens with one attached hydrogen (secondary N) is 1. The van der Waals surface area contributed by atoms with Gasteiger partial charge in [-0.3, -0.25) is 4.79 Å². The maximum atomic E-state index is 12.1. The number of carboxylic acid groups (broad SMARTS) is 1. The minimum atomic E-state index is -1.13. The molecule has 3 unspecified atom stereocenters. The van der Waals surface area contributed by atoms with E-state index in [1.54, 1.807) is 11.8 Å². The van der Waals surface area contributed by atoms with E-state index in [9.17, 15) is 14.7 Å². The molecule has 5 nitrogen and oxygen atoms in total. The number of aliphatic carboxylic acids is 1. The van der Waals surface area contributed by atoms with Crippen LogP contribution in [0.15, 0.2) is 0 Å². The van der Waals surface area contributed by atoms with E-state index in [2.05, 4.69) is 5.32 Å². The summed E-state index contributed by atoms with van der Waals surface area (Å²) < 4.78 is -0.392. The monoisotopic (exact) mass is 308 g/mol. The Morgan fingerprint density at radius 1 is 1.68 bits per heavy atom. The van der Waals surface area contributed by atoms with Crippen LogP contribution in [0.5, 0.6) is 0 Å². The van der Waals surface area contributed by atoms with Crippen LogP contribution in [0.25, 0.3) is 0 Å². The van der Waals surface area contributed by atoms with Crippen molar-refractivity contribution < 1.29 is 44.3 Å². The first-order valence-electron chi connectivity index (χ1n) is 5.89. The molecule has 0 bridgehead atoms. The molecule has 2 saturated heterocycles. The van der Waals surface area contributed by atoms with Crippen molar-refractivity contribution in [3.63, 3.8) is 0 Å². The van der Waals surface area contributed by atoms with E-state index in [4.69, 9.17) is 12.2 Å². The zero-order valence-electron chi connectivity index (χ0n) is 11.1. The number of nitrogens with zero attached hydrogens (tertiary/aromatic N) is 1. The summed E-state index contributed by atoms with van der Waals surface area (Å²) in [6, 6.07) is -0.372. The number of carbonyl (C=O) groups is 2. The van der Waals surface area contributed by atoms with E-state index in [1.165, 1.54) is 4.90 Å². The van der Waals surface area contributed by atoms with Gasteiger partial charge in [0.25, 0.3) is 0 Å². The SMILES string of the molecule is CCC(=S)NC1C(=O)N2[C@H]1SC1(C)CC21C(=O)[O-].[Na+]. The van der Waals surface area contributed by atoms with Gasteiger partial charge in [0.2, 0.25) is 5.91 Å². The predicted octanol–water partition coefficient (Wildman–Crippen LogP) is -3.75. The fraction of sp³-hybridized carbons (Fsp3) is 0.727. The molecule has 0 aromatic rings. The second-order valence-electron chi connectivity index (χ2n) is 5.17. The van der Waals surface area contributed by atoms with Crippen LogP contribution in [-0.2, 0) is 9.59 Å². The average Bonchev–Trinajstić information content (AvgIpc) is 2.85. The number of hydrogen-bond acceptors (Lipinski definition) is 5. The fourth-order valence-corrected chi connectivity index (χ4v) is 5.01. The summed E-state index contributed by atoms with van der Waals surface area (Å²) in [5.74, 6) is -1.31. The molecule has 0 radical (unpaired) electrons. The van der Waals surface area contributed by atoms with Crippen LogP contribution in [0.4, 0.5) is 0 Å². The molecule has 0 aromatic carbocycles. The number of rotatable bonds is 3. The Balaban J connectivity index is 0.00000133. The first kappa shape index (κ1) is 15.6. The Morgan fingerprint density at radius 3 is 2.84 bits per heavy atom. The summed E-state index contributed by atoms with van der Waals surface area (Å²) in [6.07, 6.45) is 1.17. The Bertz CT molecular complexity index is 489. The molecule has 3 aliphatic rings. The van der Waals surface area contributed by atoms with Crippen LogP contribution in [0.3, 0.4) is 0 Å². The molecule has 19 heavy (non-hydrogen) atoms. The third-order valence-electron chi connectivity index (χ3n) is 4.15. The molecule has 1 aliphatic carbocycles. The second kappa shape index (κ2) is 4.59. The molecule has 4 atom stereocenters. The topological polar surface area (TPSA) is 72.5 Å². The van der Waals surface area contributed by atoms with Crippen LogP contribution >= 0.6 is 24.0 Å².